The number of urea groups is 1. The van der Waals surface area contributed by atoms with Crippen molar-refractivity contribution in [3.63, 3.8) is 0 Å². The lowest BCUT2D eigenvalue weighted by atomic mass is 9.93. The number of carbonyl (C=O) groups excluding carboxylic acids is 1. The quantitative estimate of drug-likeness (QED) is 0.885. The van der Waals surface area contributed by atoms with Crippen molar-refractivity contribution in [2.24, 2.45) is 0 Å². The molecule has 0 spiro atoms. The molecular formula is C12H16N2O3S. The van der Waals surface area contributed by atoms with Crippen molar-refractivity contribution in [3.8, 4) is 0 Å². The highest BCUT2D eigenvalue weighted by Crippen LogP contribution is 2.33. The van der Waals surface area contributed by atoms with Crippen LogP contribution in [0.4, 0.5) is 10.5 Å². The largest absolute Gasteiger partial charge is 0.479 e. The zero-order valence-corrected chi connectivity index (χ0v) is 11.0. The number of nitrogens with zero attached hydrogens (tertiary/aromatic N) is 1. The van der Waals surface area contributed by atoms with E-state index < -0.39 is 11.5 Å². The average Bonchev–Trinajstić information content (AvgIpc) is 2.96. The number of thiophene rings is 1. The molecule has 0 aliphatic carbocycles. The van der Waals surface area contributed by atoms with Crippen LogP contribution < -0.4 is 5.32 Å². The summed E-state index contributed by atoms with van der Waals surface area (Å²) in [5, 5.41) is 15.8. The van der Waals surface area contributed by atoms with E-state index >= 15 is 0 Å². The van der Waals surface area contributed by atoms with E-state index in [-0.39, 0.29) is 6.03 Å². The molecule has 2 N–H and O–H groups in total. The van der Waals surface area contributed by atoms with Crippen molar-refractivity contribution in [2.45, 2.75) is 31.7 Å². The van der Waals surface area contributed by atoms with Gasteiger partial charge in [-0.2, -0.15) is 11.3 Å². The Bertz CT molecular complexity index is 446. The zero-order valence-electron chi connectivity index (χ0n) is 10.2. The smallest absolute Gasteiger partial charge is 0.329 e. The Labute approximate surface area is 109 Å². The first-order valence-electron chi connectivity index (χ1n) is 5.94. The van der Waals surface area contributed by atoms with Gasteiger partial charge in [0, 0.05) is 11.9 Å². The predicted molar refractivity (Wildman–Crippen MR) is 69.9 cm³/mol. The number of nitrogens with one attached hydrogen (secondary N) is 1. The van der Waals surface area contributed by atoms with Gasteiger partial charge in [-0.1, -0.05) is 6.92 Å². The monoisotopic (exact) mass is 268 g/mol. The second-order valence-electron chi connectivity index (χ2n) is 4.39. The van der Waals surface area contributed by atoms with E-state index in [4.69, 9.17) is 0 Å². The van der Waals surface area contributed by atoms with E-state index in [0.717, 1.165) is 6.42 Å². The van der Waals surface area contributed by atoms with Crippen molar-refractivity contribution < 1.29 is 14.7 Å². The number of carbonyl (C=O) groups is 2. The van der Waals surface area contributed by atoms with Gasteiger partial charge in [-0.15, -0.1) is 0 Å². The molecule has 1 aliphatic heterocycles. The minimum atomic E-state index is -1.04. The number of carboxylic acids is 1. The van der Waals surface area contributed by atoms with E-state index in [1.807, 2.05) is 17.7 Å². The first-order valence-corrected chi connectivity index (χ1v) is 6.88. The van der Waals surface area contributed by atoms with E-state index in [0.29, 0.717) is 25.1 Å². The number of rotatable bonds is 3. The molecule has 1 aliphatic rings. The molecule has 1 fully saturated rings. The molecule has 1 atom stereocenters. The van der Waals surface area contributed by atoms with Crippen molar-refractivity contribution in [1.29, 1.82) is 0 Å². The number of hydrogen-bond donors (Lipinski definition) is 2. The Hall–Kier alpha value is -1.56. The molecule has 0 radical (unpaired) electrons. The third-order valence-electron chi connectivity index (χ3n) is 3.49. The number of amides is 2. The summed E-state index contributed by atoms with van der Waals surface area (Å²) in [5.41, 5.74) is -0.326. The van der Waals surface area contributed by atoms with Crippen LogP contribution in [0.2, 0.25) is 0 Å². The number of aliphatic carboxylic acids is 1. The van der Waals surface area contributed by atoms with Gasteiger partial charge in [0.05, 0.1) is 5.69 Å². The summed E-state index contributed by atoms with van der Waals surface area (Å²) in [7, 11) is 0. The van der Waals surface area contributed by atoms with Crippen molar-refractivity contribution >= 4 is 29.0 Å². The second kappa shape index (κ2) is 4.97. The molecule has 6 heteroatoms. The van der Waals surface area contributed by atoms with Gasteiger partial charge in [-0.3, -0.25) is 0 Å². The van der Waals surface area contributed by atoms with Gasteiger partial charge in [-0.25, -0.2) is 9.59 Å². The predicted octanol–water partition coefficient (Wildman–Crippen LogP) is 2.61. The second-order valence-corrected chi connectivity index (χ2v) is 5.17. The van der Waals surface area contributed by atoms with Crippen molar-refractivity contribution in [2.75, 3.05) is 11.9 Å². The number of anilines is 1. The number of carboxylic acid groups (broad SMARTS) is 1. The maximum Gasteiger partial charge on any atom is 0.329 e. The Balaban J connectivity index is 2.16. The Morgan fingerprint density at radius 3 is 2.94 bits per heavy atom. The van der Waals surface area contributed by atoms with Crippen LogP contribution in [-0.4, -0.2) is 34.1 Å². The van der Waals surface area contributed by atoms with E-state index in [1.165, 1.54) is 16.2 Å². The van der Waals surface area contributed by atoms with Crippen molar-refractivity contribution in [3.05, 3.63) is 16.8 Å². The topological polar surface area (TPSA) is 69.6 Å². The fraction of sp³-hybridized carbons (Fsp3) is 0.500. The Morgan fingerprint density at radius 2 is 2.39 bits per heavy atom. The van der Waals surface area contributed by atoms with Crippen LogP contribution in [0.1, 0.15) is 26.2 Å². The van der Waals surface area contributed by atoms with Gasteiger partial charge in [0.1, 0.15) is 5.54 Å². The maximum absolute atomic E-state index is 12.1. The highest BCUT2D eigenvalue weighted by Gasteiger charge is 2.48. The SMILES string of the molecule is CCC1(C(=O)O)CCCN1C(=O)Nc1ccsc1. The molecule has 1 aromatic rings. The molecule has 0 saturated carbocycles. The molecule has 1 saturated heterocycles. The van der Waals surface area contributed by atoms with Crippen LogP contribution >= 0.6 is 11.3 Å². The Kier molecular flexibility index (Phi) is 3.56. The summed E-state index contributed by atoms with van der Waals surface area (Å²) in [6.45, 7) is 2.31. The summed E-state index contributed by atoms with van der Waals surface area (Å²) >= 11 is 1.49. The molecular weight excluding hydrogens is 252 g/mol. The van der Waals surface area contributed by atoms with Gasteiger partial charge in [-0.05, 0) is 30.7 Å². The highest BCUT2D eigenvalue weighted by molar-refractivity contribution is 7.08. The van der Waals surface area contributed by atoms with E-state index in [2.05, 4.69) is 5.32 Å². The summed E-state index contributed by atoms with van der Waals surface area (Å²) < 4.78 is 0. The molecule has 1 unspecified atom stereocenters. The average molecular weight is 268 g/mol. The molecule has 2 amide bonds. The van der Waals surface area contributed by atoms with E-state index in [1.54, 1.807) is 6.07 Å². The maximum atomic E-state index is 12.1. The fourth-order valence-electron chi connectivity index (χ4n) is 2.44. The molecule has 2 heterocycles. The van der Waals surface area contributed by atoms with Crippen LogP contribution in [0.15, 0.2) is 16.8 Å². The lowest BCUT2D eigenvalue weighted by Gasteiger charge is -2.33. The van der Waals surface area contributed by atoms with Crippen LogP contribution in [0.3, 0.4) is 0 Å². The third kappa shape index (κ3) is 2.08. The minimum Gasteiger partial charge on any atom is -0.479 e. The molecule has 18 heavy (non-hydrogen) atoms. The van der Waals surface area contributed by atoms with Crippen LogP contribution in [0.5, 0.6) is 0 Å². The normalized spacial score (nSPS) is 23.1. The molecule has 5 nitrogen and oxygen atoms in total. The van der Waals surface area contributed by atoms with Crippen molar-refractivity contribution in [1.82, 2.24) is 4.90 Å². The number of likely N-dealkylation sites (tertiary alicyclic amines) is 1. The van der Waals surface area contributed by atoms with Crippen LogP contribution in [-0.2, 0) is 4.79 Å². The van der Waals surface area contributed by atoms with Gasteiger partial charge >= 0.3 is 12.0 Å². The van der Waals surface area contributed by atoms with E-state index in [9.17, 15) is 14.7 Å². The lowest BCUT2D eigenvalue weighted by molar-refractivity contribution is -0.148. The van der Waals surface area contributed by atoms with Gasteiger partial charge in [0.15, 0.2) is 0 Å². The molecule has 2 rings (SSSR count). The van der Waals surface area contributed by atoms with Crippen LogP contribution in [0.25, 0.3) is 0 Å². The molecule has 0 bridgehead atoms. The third-order valence-corrected chi connectivity index (χ3v) is 4.17. The zero-order chi connectivity index (χ0) is 13.2. The van der Waals surface area contributed by atoms with Gasteiger partial charge in [0.2, 0.25) is 0 Å². The lowest BCUT2D eigenvalue weighted by Crippen LogP contribution is -2.54. The first kappa shape index (κ1) is 12.9. The number of hydrogen-bond acceptors (Lipinski definition) is 3. The fourth-order valence-corrected chi connectivity index (χ4v) is 3.03. The molecule has 0 aromatic carbocycles. The first-order chi connectivity index (χ1) is 8.60. The molecule has 1 aromatic heterocycles. The summed E-state index contributed by atoms with van der Waals surface area (Å²) in [6.07, 6.45) is 1.69. The summed E-state index contributed by atoms with van der Waals surface area (Å²) in [6, 6.07) is 1.47. The Morgan fingerprint density at radius 1 is 1.61 bits per heavy atom. The standard InChI is InChI=1S/C12H16N2O3S/c1-2-12(10(15)16)5-3-6-14(12)11(17)13-9-4-7-18-8-9/h4,7-8H,2-3,5-6H2,1H3,(H,13,17)(H,15,16). The summed E-state index contributed by atoms with van der Waals surface area (Å²) in [5.74, 6) is -0.914. The van der Waals surface area contributed by atoms with Gasteiger partial charge < -0.3 is 15.3 Å². The highest BCUT2D eigenvalue weighted by atomic mass is 32.1. The summed E-state index contributed by atoms with van der Waals surface area (Å²) in [4.78, 5) is 25.1. The minimum absolute atomic E-state index is 0.324. The molecule has 98 valence electrons. The van der Waals surface area contributed by atoms with Crippen LogP contribution in [0, 0.1) is 0 Å². The van der Waals surface area contributed by atoms with Gasteiger partial charge in [0.25, 0.3) is 0 Å².